The summed E-state index contributed by atoms with van der Waals surface area (Å²) in [5.41, 5.74) is 0.701. The number of hydrogen-bond donors (Lipinski definition) is 0. The summed E-state index contributed by atoms with van der Waals surface area (Å²) in [5.74, 6) is -1.86. The van der Waals surface area contributed by atoms with Gasteiger partial charge in [-0.1, -0.05) is 37.3 Å². The highest BCUT2D eigenvalue weighted by molar-refractivity contribution is 6.26. The molecule has 2 atom stereocenters. The minimum Gasteiger partial charge on any atom is -0.295 e. The molecule has 90 valence electrons. The van der Waals surface area contributed by atoms with Crippen molar-refractivity contribution in [2.45, 2.75) is 12.8 Å². The summed E-state index contributed by atoms with van der Waals surface area (Å²) in [5, 5.41) is 10.6. The number of Topliss-reactive ketones (excluding diaryl/α,β-unsaturated/α-hetero) is 1. The van der Waals surface area contributed by atoms with Crippen LogP contribution in [0.3, 0.4) is 0 Å². The standard InChI is InChI=1S/C12H13NO4/c1-9(12(15)8-14)11(7-13(16)17)10-5-3-2-4-6-10/h2-6,8-9,11H,7H2,1H3. The molecule has 0 heterocycles. The van der Waals surface area contributed by atoms with Crippen LogP contribution in [0.4, 0.5) is 0 Å². The van der Waals surface area contributed by atoms with Crippen LogP contribution in [0.5, 0.6) is 0 Å². The number of benzene rings is 1. The first kappa shape index (κ1) is 13.0. The van der Waals surface area contributed by atoms with Crippen LogP contribution in [0.2, 0.25) is 0 Å². The van der Waals surface area contributed by atoms with Gasteiger partial charge in [-0.25, -0.2) is 0 Å². The van der Waals surface area contributed by atoms with E-state index in [2.05, 4.69) is 0 Å². The van der Waals surface area contributed by atoms with Crippen molar-refractivity contribution < 1.29 is 14.5 Å². The van der Waals surface area contributed by atoms with Crippen LogP contribution < -0.4 is 0 Å². The van der Waals surface area contributed by atoms with E-state index in [4.69, 9.17) is 0 Å². The van der Waals surface area contributed by atoms with Gasteiger partial charge in [-0.2, -0.15) is 0 Å². The van der Waals surface area contributed by atoms with Crippen LogP contribution in [0, 0.1) is 16.0 Å². The molecule has 0 aliphatic heterocycles. The molecule has 1 aromatic rings. The molecule has 0 N–H and O–H groups in total. The summed E-state index contributed by atoms with van der Waals surface area (Å²) in [4.78, 5) is 31.9. The highest BCUT2D eigenvalue weighted by Gasteiger charge is 2.29. The third-order valence-corrected chi connectivity index (χ3v) is 2.74. The lowest BCUT2D eigenvalue weighted by Gasteiger charge is -2.17. The Labute approximate surface area is 98.6 Å². The highest BCUT2D eigenvalue weighted by Crippen LogP contribution is 2.25. The molecule has 0 spiro atoms. The van der Waals surface area contributed by atoms with E-state index < -0.39 is 22.5 Å². The molecule has 0 aromatic heterocycles. The number of ketones is 1. The Kier molecular flexibility index (Phi) is 4.51. The quantitative estimate of drug-likeness (QED) is 0.323. The van der Waals surface area contributed by atoms with E-state index in [1.807, 2.05) is 0 Å². The lowest BCUT2D eigenvalue weighted by molar-refractivity contribution is -0.484. The topological polar surface area (TPSA) is 77.3 Å². The molecule has 2 unspecified atom stereocenters. The third kappa shape index (κ3) is 3.48. The summed E-state index contributed by atoms with van der Waals surface area (Å²) in [6, 6.07) is 8.74. The maximum Gasteiger partial charge on any atom is 0.211 e. The van der Waals surface area contributed by atoms with Crippen LogP contribution in [0.25, 0.3) is 0 Å². The number of hydrogen-bond acceptors (Lipinski definition) is 4. The maximum atomic E-state index is 11.3. The fraction of sp³-hybridized carbons (Fsp3) is 0.333. The van der Waals surface area contributed by atoms with Crippen molar-refractivity contribution in [1.29, 1.82) is 0 Å². The van der Waals surface area contributed by atoms with Gasteiger partial charge in [0.25, 0.3) is 0 Å². The van der Waals surface area contributed by atoms with E-state index in [0.29, 0.717) is 5.56 Å². The molecule has 0 bridgehead atoms. The van der Waals surface area contributed by atoms with Crippen LogP contribution in [0.1, 0.15) is 18.4 Å². The van der Waals surface area contributed by atoms with E-state index in [1.54, 1.807) is 30.3 Å². The Hall–Kier alpha value is -2.04. The third-order valence-electron chi connectivity index (χ3n) is 2.74. The minimum atomic E-state index is -0.680. The zero-order chi connectivity index (χ0) is 12.8. The molecule has 0 saturated heterocycles. The van der Waals surface area contributed by atoms with Gasteiger partial charge in [0, 0.05) is 10.8 Å². The monoisotopic (exact) mass is 235 g/mol. The summed E-state index contributed by atoms with van der Waals surface area (Å²) >= 11 is 0. The second-order valence-corrected chi connectivity index (χ2v) is 3.84. The number of nitrogens with zero attached hydrogens (tertiary/aromatic N) is 1. The number of aldehydes is 1. The SMILES string of the molecule is CC(C(=O)C=O)C(C[N+](=O)[O-])c1ccccc1. The fourth-order valence-electron chi connectivity index (χ4n) is 1.72. The zero-order valence-corrected chi connectivity index (χ0v) is 9.41. The molecule has 5 heteroatoms. The molecule has 1 aromatic carbocycles. The molecule has 17 heavy (non-hydrogen) atoms. The van der Waals surface area contributed by atoms with Gasteiger partial charge in [-0.15, -0.1) is 0 Å². The number of nitro groups is 1. The Morgan fingerprint density at radius 2 is 2.00 bits per heavy atom. The molecular formula is C12H13NO4. The average Bonchev–Trinajstić information content (AvgIpc) is 2.35. The van der Waals surface area contributed by atoms with Crippen molar-refractivity contribution in [3.63, 3.8) is 0 Å². The number of carbonyl (C=O) groups is 2. The van der Waals surface area contributed by atoms with Gasteiger partial charge < -0.3 is 0 Å². The molecule has 0 aliphatic carbocycles. The van der Waals surface area contributed by atoms with E-state index in [-0.39, 0.29) is 12.8 Å². The smallest absolute Gasteiger partial charge is 0.211 e. The molecule has 0 amide bonds. The number of rotatable bonds is 6. The normalized spacial score (nSPS) is 13.7. The summed E-state index contributed by atoms with van der Waals surface area (Å²) < 4.78 is 0. The summed E-state index contributed by atoms with van der Waals surface area (Å²) in [6.45, 7) is 1.18. The minimum absolute atomic E-state index is 0.223. The molecular weight excluding hydrogens is 222 g/mol. The van der Waals surface area contributed by atoms with Gasteiger partial charge in [-0.3, -0.25) is 19.7 Å². The average molecular weight is 235 g/mol. The molecule has 5 nitrogen and oxygen atoms in total. The van der Waals surface area contributed by atoms with Crippen LogP contribution >= 0.6 is 0 Å². The van der Waals surface area contributed by atoms with Crippen LogP contribution in [-0.2, 0) is 9.59 Å². The Bertz CT molecular complexity index is 416. The fourth-order valence-corrected chi connectivity index (χ4v) is 1.72. The predicted molar refractivity (Wildman–Crippen MR) is 61.3 cm³/mol. The molecule has 0 radical (unpaired) electrons. The Morgan fingerprint density at radius 3 is 2.47 bits per heavy atom. The second kappa shape index (κ2) is 5.89. The van der Waals surface area contributed by atoms with Gasteiger partial charge in [-0.05, 0) is 5.56 Å². The van der Waals surface area contributed by atoms with Gasteiger partial charge >= 0.3 is 0 Å². The summed E-state index contributed by atoms with van der Waals surface area (Å²) in [7, 11) is 0. The molecule has 1 rings (SSSR count). The lowest BCUT2D eigenvalue weighted by Crippen LogP contribution is -2.26. The van der Waals surface area contributed by atoms with E-state index in [9.17, 15) is 19.7 Å². The molecule has 0 saturated carbocycles. The Morgan fingerprint density at radius 1 is 1.41 bits per heavy atom. The first-order valence-corrected chi connectivity index (χ1v) is 5.22. The van der Waals surface area contributed by atoms with E-state index in [1.165, 1.54) is 6.92 Å². The highest BCUT2D eigenvalue weighted by atomic mass is 16.6. The van der Waals surface area contributed by atoms with Gasteiger partial charge in [0.15, 0.2) is 12.1 Å². The van der Waals surface area contributed by atoms with Crippen molar-refractivity contribution in [2.75, 3.05) is 6.54 Å². The van der Waals surface area contributed by atoms with Gasteiger partial charge in [0.2, 0.25) is 6.54 Å². The lowest BCUT2D eigenvalue weighted by atomic mass is 9.85. The van der Waals surface area contributed by atoms with E-state index >= 15 is 0 Å². The second-order valence-electron chi connectivity index (χ2n) is 3.84. The molecule has 0 fully saturated rings. The summed E-state index contributed by atoms with van der Waals surface area (Å²) in [6.07, 6.45) is 0.223. The van der Waals surface area contributed by atoms with Gasteiger partial charge in [0.05, 0.1) is 5.92 Å². The van der Waals surface area contributed by atoms with Crippen LogP contribution in [0.15, 0.2) is 30.3 Å². The van der Waals surface area contributed by atoms with Gasteiger partial charge in [0.1, 0.15) is 0 Å². The van der Waals surface area contributed by atoms with Crippen molar-refractivity contribution >= 4 is 12.1 Å². The first-order valence-electron chi connectivity index (χ1n) is 5.22. The first-order chi connectivity index (χ1) is 8.06. The maximum absolute atomic E-state index is 11.3. The van der Waals surface area contributed by atoms with Crippen molar-refractivity contribution in [3.8, 4) is 0 Å². The van der Waals surface area contributed by atoms with Crippen LogP contribution in [-0.4, -0.2) is 23.5 Å². The van der Waals surface area contributed by atoms with Crippen molar-refractivity contribution in [2.24, 2.45) is 5.92 Å². The number of carbonyl (C=O) groups excluding carboxylic acids is 2. The van der Waals surface area contributed by atoms with E-state index in [0.717, 1.165) is 0 Å². The predicted octanol–water partition coefficient (Wildman–Crippen LogP) is 1.45. The molecule has 0 aliphatic rings. The van der Waals surface area contributed by atoms with Crippen molar-refractivity contribution in [3.05, 3.63) is 46.0 Å². The largest absolute Gasteiger partial charge is 0.295 e. The van der Waals surface area contributed by atoms with Crippen molar-refractivity contribution in [1.82, 2.24) is 0 Å². The Balaban J connectivity index is 2.99. The zero-order valence-electron chi connectivity index (χ0n) is 9.41.